The summed E-state index contributed by atoms with van der Waals surface area (Å²) in [5.74, 6) is 0.732. The third-order valence-corrected chi connectivity index (χ3v) is 5.27. The Morgan fingerprint density at radius 1 is 0.933 bits per heavy atom. The summed E-state index contributed by atoms with van der Waals surface area (Å²) in [6.45, 7) is 0.865. The van der Waals surface area contributed by atoms with Crippen molar-refractivity contribution in [2.75, 3.05) is 27.7 Å². The van der Waals surface area contributed by atoms with Gasteiger partial charge in [-0.15, -0.1) is 0 Å². The zero-order valence-electron chi connectivity index (χ0n) is 17.6. The van der Waals surface area contributed by atoms with Crippen LogP contribution in [0.4, 0.5) is 0 Å². The van der Waals surface area contributed by atoms with E-state index in [9.17, 15) is 4.79 Å². The molecule has 3 rings (SSSR count). The zero-order valence-corrected chi connectivity index (χ0v) is 18.3. The van der Waals surface area contributed by atoms with Crippen LogP contribution in [0.3, 0.4) is 0 Å². The largest absolute Gasteiger partial charge is 0.497 e. The molecule has 156 valence electrons. The highest BCUT2D eigenvalue weighted by Crippen LogP contribution is 2.24. The van der Waals surface area contributed by atoms with Gasteiger partial charge in [-0.2, -0.15) is 0 Å². The fourth-order valence-electron chi connectivity index (χ4n) is 3.24. The third kappa shape index (κ3) is 5.85. The van der Waals surface area contributed by atoms with Crippen LogP contribution in [0.25, 0.3) is 11.1 Å². The molecule has 0 aliphatic rings. The molecule has 0 aromatic heterocycles. The van der Waals surface area contributed by atoms with Crippen LogP contribution in [0, 0.1) is 0 Å². The van der Waals surface area contributed by atoms with E-state index in [1.165, 1.54) is 0 Å². The highest BCUT2D eigenvalue weighted by atomic mass is 35.5. The van der Waals surface area contributed by atoms with Crippen molar-refractivity contribution in [2.45, 2.75) is 12.5 Å². The summed E-state index contributed by atoms with van der Waals surface area (Å²) in [5, 5.41) is 3.86. The normalized spacial score (nSPS) is 11.9. The van der Waals surface area contributed by atoms with Gasteiger partial charge in [0, 0.05) is 10.6 Å². The summed E-state index contributed by atoms with van der Waals surface area (Å²) in [7, 11) is 5.70. The molecule has 0 radical (unpaired) electrons. The van der Waals surface area contributed by atoms with Crippen LogP contribution in [-0.2, 0) is 0 Å². The van der Waals surface area contributed by atoms with Crippen molar-refractivity contribution in [2.24, 2.45) is 0 Å². The minimum absolute atomic E-state index is 0.0848. The molecule has 0 aliphatic heterocycles. The van der Waals surface area contributed by atoms with Crippen molar-refractivity contribution >= 4 is 17.5 Å². The van der Waals surface area contributed by atoms with E-state index >= 15 is 0 Å². The zero-order chi connectivity index (χ0) is 21.5. The van der Waals surface area contributed by atoms with E-state index in [1.54, 1.807) is 7.11 Å². The van der Waals surface area contributed by atoms with Gasteiger partial charge >= 0.3 is 0 Å². The van der Waals surface area contributed by atoms with Crippen molar-refractivity contribution in [3.05, 3.63) is 88.9 Å². The molecule has 1 amide bonds. The fourth-order valence-corrected chi connectivity index (χ4v) is 3.37. The van der Waals surface area contributed by atoms with E-state index in [1.807, 2.05) is 86.9 Å². The fraction of sp³-hybridized carbons (Fsp3) is 0.240. The SMILES string of the molecule is COc1ccc(-c2ccc(C(=O)NC(CCN(C)C)c3ccc(Cl)cc3)cc2)cc1. The van der Waals surface area contributed by atoms with Crippen LogP contribution >= 0.6 is 11.6 Å². The lowest BCUT2D eigenvalue weighted by atomic mass is 10.0. The second-order valence-corrected chi connectivity index (χ2v) is 7.91. The number of carbonyl (C=O) groups excluding carboxylic acids is 1. The third-order valence-electron chi connectivity index (χ3n) is 5.01. The molecular weight excluding hydrogens is 396 g/mol. The summed E-state index contributed by atoms with van der Waals surface area (Å²) in [4.78, 5) is 15.0. The van der Waals surface area contributed by atoms with Gasteiger partial charge in [-0.25, -0.2) is 0 Å². The van der Waals surface area contributed by atoms with Gasteiger partial charge in [0.15, 0.2) is 0 Å². The number of rotatable bonds is 8. The number of halogens is 1. The van der Waals surface area contributed by atoms with E-state index in [0.717, 1.165) is 35.4 Å². The Bertz CT molecular complexity index is 952. The van der Waals surface area contributed by atoms with Gasteiger partial charge in [0.1, 0.15) is 5.75 Å². The van der Waals surface area contributed by atoms with Crippen molar-refractivity contribution < 1.29 is 9.53 Å². The molecule has 0 bridgehead atoms. The molecule has 5 heteroatoms. The molecule has 1 unspecified atom stereocenters. The number of ether oxygens (including phenoxy) is 1. The summed E-state index contributed by atoms with van der Waals surface area (Å²) in [6, 6.07) is 23.1. The lowest BCUT2D eigenvalue weighted by Crippen LogP contribution is -2.31. The van der Waals surface area contributed by atoms with E-state index in [2.05, 4.69) is 10.2 Å². The van der Waals surface area contributed by atoms with Crippen molar-refractivity contribution in [3.63, 3.8) is 0 Å². The highest BCUT2D eigenvalue weighted by Gasteiger charge is 2.16. The number of hydrogen-bond donors (Lipinski definition) is 1. The molecule has 3 aromatic carbocycles. The smallest absolute Gasteiger partial charge is 0.251 e. The van der Waals surface area contributed by atoms with Crippen molar-refractivity contribution in [1.29, 1.82) is 0 Å². The summed E-state index contributed by atoms with van der Waals surface area (Å²) >= 11 is 6.03. The molecule has 30 heavy (non-hydrogen) atoms. The average Bonchev–Trinajstić information content (AvgIpc) is 2.77. The number of nitrogens with zero attached hydrogens (tertiary/aromatic N) is 1. The van der Waals surface area contributed by atoms with E-state index in [4.69, 9.17) is 16.3 Å². The van der Waals surface area contributed by atoms with E-state index in [-0.39, 0.29) is 11.9 Å². The van der Waals surface area contributed by atoms with Crippen LogP contribution in [0.1, 0.15) is 28.4 Å². The molecule has 0 spiro atoms. The first-order valence-electron chi connectivity index (χ1n) is 9.92. The number of amides is 1. The van der Waals surface area contributed by atoms with E-state index in [0.29, 0.717) is 10.6 Å². The minimum atomic E-state index is -0.0880. The summed E-state index contributed by atoms with van der Waals surface area (Å²) in [5.41, 5.74) is 3.81. The van der Waals surface area contributed by atoms with Gasteiger partial charge in [0.2, 0.25) is 0 Å². The quantitative estimate of drug-likeness (QED) is 0.525. The second kappa shape index (κ2) is 10.3. The van der Waals surface area contributed by atoms with Gasteiger partial charge in [0.05, 0.1) is 13.2 Å². The Kier molecular flexibility index (Phi) is 7.50. The Morgan fingerprint density at radius 3 is 2.03 bits per heavy atom. The molecule has 0 aliphatic carbocycles. The van der Waals surface area contributed by atoms with Crippen molar-refractivity contribution in [3.8, 4) is 16.9 Å². The maximum atomic E-state index is 12.9. The predicted octanol–water partition coefficient (Wildman–Crippen LogP) is 5.44. The van der Waals surface area contributed by atoms with Crippen LogP contribution in [0.15, 0.2) is 72.8 Å². The molecule has 1 N–H and O–H groups in total. The van der Waals surface area contributed by atoms with Gasteiger partial charge in [-0.05, 0) is 80.1 Å². The predicted molar refractivity (Wildman–Crippen MR) is 123 cm³/mol. The Morgan fingerprint density at radius 2 is 1.50 bits per heavy atom. The first kappa shape index (κ1) is 21.9. The number of hydrogen-bond acceptors (Lipinski definition) is 3. The lowest BCUT2D eigenvalue weighted by Gasteiger charge is -2.21. The number of benzene rings is 3. The molecule has 0 heterocycles. The van der Waals surface area contributed by atoms with Gasteiger partial charge in [-0.3, -0.25) is 4.79 Å². The van der Waals surface area contributed by atoms with Crippen LogP contribution in [0.5, 0.6) is 5.75 Å². The van der Waals surface area contributed by atoms with Crippen LogP contribution in [-0.4, -0.2) is 38.6 Å². The van der Waals surface area contributed by atoms with E-state index < -0.39 is 0 Å². The molecule has 3 aromatic rings. The molecular formula is C25H27ClN2O2. The Labute approximate surface area is 183 Å². The Hall–Kier alpha value is -2.82. The standard InChI is InChI=1S/C25H27ClN2O2/c1-28(2)17-16-24(20-8-12-22(26)13-9-20)27-25(29)21-6-4-18(5-7-21)19-10-14-23(30-3)15-11-19/h4-15,24H,16-17H2,1-3H3,(H,27,29). The number of carbonyl (C=O) groups is 1. The highest BCUT2D eigenvalue weighted by molar-refractivity contribution is 6.30. The molecule has 4 nitrogen and oxygen atoms in total. The molecule has 1 atom stereocenters. The van der Waals surface area contributed by atoms with Gasteiger partial charge in [0.25, 0.3) is 5.91 Å². The maximum Gasteiger partial charge on any atom is 0.251 e. The first-order valence-corrected chi connectivity index (χ1v) is 10.3. The molecule has 0 fully saturated rings. The molecule has 0 saturated heterocycles. The van der Waals surface area contributed by atoms with Crippen LogP contribution in [0.2, 0.25) is 5.02 Å². The summed E-state index contributed by atoms with van der Waals surface area (Å²) in [6.07, 6.45) is 0.810. The minimum Gasteiger partial charge on any atom is -0.497 e. The topological polar surface area (TPSA) is 41.6 Å². The first-order chi connectivity index (χ1) is 14.5. The number of methoxy groups -OCH3 is 1. The van der Waals surface area contributed by atoms with Crippen molar-refractivity contribution in [1.82, 2.24) is 10.2 Å². The lowest BCUT2D eigenvalue weighted by molar-refractivity contribution is 0.0932. The van der Waals surface area contributed by atoms with Crippen LogP contribution < -0.4 is 10.1 Å². The Balaban J connectivity index is 1.73. The monoisotopic (exact) mass is 422 g/mol. The van der Waals surface area contributed by atoms with Gasteiger partial charge in [-0.1, -0.05) is 48.0 Å². The maximum absolute atomic E-state index is 12.9. The number of nitrogens with one attached hydrogen (secondary N) is 1. The average molecular weight is 423 g/mol. The molecule has 0 saturated carbocycles. The van der Waals surface area contributed by atoms with Gasteiger partial charge < -0.3 is 15.0 Å². The summed E-state index contributed by atoms with van der Waals surface area (Å²) < 4.78 is 5.21. The second-order valence-electron chi connectivity index (χ2n) is 7.48.